The van der Waals surface area contributed by atoms with Gasteiger partial charge in [0, 0.05) is 12.1 Å². The van der Waals surface area contributed by atoms with Crippen molar-refractivity contribution in [3.8, 4) is 0 Å². The lowest BCUT2D eigenvalue weighted by Crippen LogP contribution is -2.12. The van der Waals surface area contributed by atoms with E-state index >= 15 is 0 Å². The number of thiazole rings is 1. The zero-order valence-electron chi connectivity index (χ0n) is 11.4. The number of hydrogen-bond donors (Lipinski definition) is 2. The summed E-state index contributed by atoms with van der Waals surface area (Å²) in [4.78, 5) is 16.3. The van der Waals surface area contributed by atoms with Gasteiger partial charge in [0.1, 0.15) is 0 Å². The third-order valence-corrected chi connectivity index (χ3v) is 4.11. The molecule has 1 aromatic heterocycles. The molecule has 0 saturated carbocycles. The molecule has 0 bridgehead atoms. The highest BCUT2D eigenvalue weighted by molar-refractivity contribution is 7.22. The van der Waals surface area contributed by atoms with Crippen molar-refractivity contribution in [1.29, 1.82) is 0 Å². The standard InChI is InChI=1S/C16H15N3OS/c17-12-8-5-11(6-9-12)7-10-15(20)19-16-18-13-3-1-2-4-14(13)21-16/h1-6,8-9H,7,10,17H2,(H,18,19,20). The largest absolute Gasteiger partial charge is 0.399 e. The number of anilines is 2. The quantitative estimate of drug-likeness (QED) is 0.725. The maximum Gasteiger partial charge on any atom is 0.226 e. The smallest absolute Gasteiger partial charge is 0.226 e. The number of benzene rings is 2. The first-order valence-electron chi connectivity index (χ1n) is 6.70. The first-order valence-corrected chi connectivity index (χ1v) is 7.52. The second kappa shape index (κ2) is 5.93. The zero-order valence-corrected chi connectivity index (χ0v) is 12.2. The number of fused-ring (bicyclic) bond motifs is 1. The van der Waals surface area contributed by atoms with E-state index in [1.54, 1.807) is 0 Å². The molecule has 3 N–H and O–H groups in total. The summed E-state index contributed by atoms with van der Waals surface area (Å²) in [5, 5.41) is 3.51. The lowest BCUT2D eigenvalue weighted by molar-refractivity contribution is -0.116. The first kappa shape index (κ1) is 13.6. The first-order chi connectivity index (χ1) is 10.2. The highest BCUT2D eigenvalue weighted by Gasteiger charge is 2.07. The molecule has 0 unspecified atom stereocenters. The molecule has 3 rings (SSSR count). The summed E-state index contributed by atoms with van der Waals surface area (Å²) in [5.74, 6) is -0.0223. The number of aromatic nitrogens is 1. The van der Waals surface area contributed by atoms with Crippen LogP contribution >= 0.6 is 11.3 Å². The van der Waals surface area contributed by atoms with E-state index in [0.717, 1.165) is 21.5 Å². The van der Waals surface area contributed by atoms with E-state index in [2.05, 4.69) is 10.3 Å². The Hall–Kier alpha value is -2.40. The Balaban J connectivity index is 1.59. The van der Waals surface area contributed by atoms with E-state index in [1.807, 2.05) is 48.5 Å². The highest BCUT2D eigenvalue weighted by Crippen LogP contribution is 2.25. The number of hydrogen-bond acceptors (Lipinski definition) is 4. The van der Waals surface area contributed by atoms with Crippen molar-refractivity contribution in [3.63, 3.8) is 0 Å². The van der Waals surface area contributed by atoms with E-state index in [9.17, 15) is 4.79 Å². The third kappa shape index (κ3) is 3.38. The summed E-state index contributed by atoms with van der Waals surface area (Å²) >= 11 is 1.49. The van der Waals surface area contributed by atoms with Crippen LogP contribution in [0.15, 0.2) is 48.5 Å². The minimum Gasteiger partial charge on any atom is -0.399 e. The van der Waals surface area contributed by atoms with Crippen molar-refractivity contribution < 1.29 is 4.79 Å². The van der Waals surface area contributed by atoms with Gasteiger partial charge in [-0.1, -0.05) is 35.6 Å². The molecule has 3 aromatic rings. The Kier molecular flexibility index (Phi) is 3.83. The number of aryl methyl sites for hydroxylation is 1. The molecule has 0 aliphatic carbocycles. The van der Waals surface area contributed by atoms with Crippen molar-refractivity contribution in [2.45, 2.75) is 12.8 Å². The highest BCUT2D eigenvalue weighted by atomic mass is 32.1. The number of carbonyl (C=O) groups excluding carboxylic acids is 1. The maximum absolute atomic E-state index is 12.0. The lowest BCUT2D eigenvalue weighted by atomic mass is 10.1. The third-order valence-electron chi connectivity index (χ3n) is 3.16. The lowest BCUT2D eigenvalue weighted by Gasteiger charge is -2.02. The van der Waals surface area contributed by atoms with Gasteiger partial charge in [-0.3, -0.25) is 4.79 Å². The normalized spacial score (nSPS) is 10.7. The minimum atomic E-state index is -0.0223. The molecular formula is C16H15N3OS. The number of nitrogens with two attached hydrogens (primary N) is 1. The van der Waals surface area contributed by atoms with Crippen LogP contribution in [0.2, 0.25) is 0 Å². The fourth-order valence-electron chi connectivity index (χ4n) is 2.05. The van der Waals surface area contributed by atoms with E-state index < -0.39 is 0 Å². The van der Waals surface area contributed by atoms with Crippen LogP contribution in [-0.4, -0.2) is 10.9 Å². The predicted octanol–water partition coefficient (Wildman–Crippen LogP) is 3.45. The number of amides is 1. The molecule has 0 aliphatic heterocycles. The Morgan fingerprint density at radius 2 is 1.90 bits per heavy atom. The number of para-hydroxylation sites is 1. The minimum absolute atomic E-state index is 0.0223. The topological polar surface area (TPSA) is 68.0 Å². The van der Waals surface area contributed by atoms with Gasteiger partial charge in [-0.25, -0.2) is 4.98 Å². The molecule has 0 fully saturated rings. The van der Waals surface area contributed by atoms with Crippen LogP contribution in [-0.2, 0) is 11.2 Å². The van der Waals surface area contributed by atoms with Crippen LogP contribution in [0.1, 0.15) is 12.0 Å². The monoisotopic (exact) mass is 297 g/mol. The predicted molar refractivity (Wildman–Crippen MR) is 87.4 cm³/mol. The zero-order chi connectivity index (χ0) is 14.7. The number of carbonyl (C=O) groups is 1. The summed E-state index contributed by atoms with van der Waals surface area (Å²) in [7, 11) is 0. The molecule has 1 amide bonds. The van der Waals surface area contributed by atoms with Crippen molar-refractivity contribution in [2.24, 2.45) is 0 Å². The van der Waals surface area contributed by atoms with E-state index in [4.69, 9.17) is 5.73 Å². The molecule has 0 aliphatic rings. The Morgan fingerprint density at radius 3 is 2.67 bits per heavy atom. The van der Waals surface area contributed by atoms with Gasteiger partial charge in [0.25, 0.3) is 0 Å². The molecule has 0 atom stereocenters. The maximum atomic E-state index is 12.0. The molecule has 2 aromatic carbocycles. The Bertz CT molecular complexity index is 732. The fraction of sp³-hybridized carbons (Fsp3) is 0.125. The summed E-state index contributed by atoms with van der Waals surface area (Å²) in [5.41, 5.74) is 8.38. The van der Waals surface area contributed by atoms with Gasteiger partial charge in [0.2, 0.25) is 5.91 Å². The second-order valence-electron chi connectivity index (χ2n) is 4.78. The van der Waals surface area contributed by atoms with Crippen LogP contribution in [0, 0.1) is 0 Å². The molecular weight excluding hydrogens is 282 g/mol. The van der Waals surface area contributed by atoms with E-state index in [1.165, 1.54) is 11.3 Å². The van der Waals surface area contributed by atoms with Crippen LogP contribution < -0.4 is 11.1 Å². The van der Waals surface area contributed by atoms with Crippen molar-refractivity contribution in [2.75, 3.05) is 11.1 Å². The molecule has 5 heteroatoms. The average molecular weight is 297 g/mol. The molecule has 0 spiro atoms. The molecule has 0 radical (unpaired) electrons. The van der Waals surface area contributed by atoms with Gasteiger partial charge in [-0.15, -0.1) is 0 Å². The molecule has 0 saturated heterocycles. The van der Waals surface area contributed by atoms with Crippen molar-refractivity contribution >= 4 is 38.3 Å². The molecule has 1 heterocycles. The number of rotatable bonds is 4. The summed E-state index contributed by atoms with van der Waals surface area (Å²) in [6, 6.07) is 15.4. The summed E-state index contributed by atoms with van der Waals surface area (Å²) < 4.78 is 1.08. The molecule has 21 heavy (non-hydrogen) atoms. The van der Waals surface area contributed by atoms with Crippen LogP contribution in [0.25, 0.3) is 10.2 Å². The number of nitrogen functional groups attached to an aromatic ring is 1. The van der Waals surface area contributed by atoms with Gasteiger partial charge in [0.15, 0.2) is 5.13 Å². The van der Waals surface area contributed by atoms with Crippen molar-refractivity contribution in [1.82, 2.24) is 4.98 Å². The van der Waals surface area contributed by atoms with E-state index in [0.29, 0.717) is 18.0 Å². The van der Waals surface area contributed by atoms with Gasteiger partial charge in [-0.2, -0.15) is 0 Å². The molecule has 4 nitrogen and oxygen atoms in total. The van der Waals surface area contributed by atoms with Gasteiger partial charge in [-0.05, 0) is 36.2 Å². The Morgan fingerprint density at radius 1 is 1.14 bits per heavy atom. The summed E-state index contributed by atoms with van der Waals surface area (Å²) in [6.07, 6.45) is 1.12. The van der Waals surface area contributed by atoms with Crippen LogP contribution in [0.5, 0.6) is 0 Å². The van der Waals surface area contributed by atoms with Gasteiger partial charge < -0.3 is 11.1 Å². The van der Waals surface area contributed by atoms with Gasteiger partial charge >= 0.3 is 0 Å². The average Bonchev–Trinajstić information content (AvgIpc) is 2.88. The SMILES string of the molecule is Nc1ccc(CCC(=O)Nc2nc3ccccc3s2)cc1. The Labute approximate surface area is 126 Å². The van der Waals surface area contributed by atoms with Crippen LogP contribution in [0.3, 0.4) is 0 Å². The fourth-order valence-corrected chi connectivity index (χ4v) is 2.93. The number of nitrogens with one attached hydrogen (secondary N) is 1. The van der Waals surface area contributed by atoms with E-state index in [-0.39, 0.29) is 5.91 Å². The van der Waals surface area contributed by atoms with Gasteiger partial charge in [0.05, 0.1) is 10.2 Å². The number of nitrogens with zero attached hydrogens (tertiary/aromatic N) is 1. The summed E-state index contributed by atoms with van der Waals surface area (Å²) in [6.45, 7) is 0. The van der Waals surface area contributed by atoms with Crippen molar-refractivity contribution in [3.05, 3.63) is 54.1 Å². The molecule has 106 valence electrons. The second-order valence-corrected chi connectivity index (χ2v) is 5.81. The van der Waals surface area contributed by atoms with Crippen LogP contribution in [0.4, 0.5) is 10.8 Å².